The number of hydrogen-bond donors (Lipinski definition) is 1. The number of benzene rings is 1. The van der Waals surface area contributed by atoms with E-state index in [2.05, 4.69) is 26.3 Å². The Morgan fingerprint density at radius 2 is 2.04 bits per heavy atom. The molecule has 0 aliphatic carbocycles. The van der Waals surface area contributed by atoms with Crippen LogP contribution in [0, 0.1) is 0 Å². The molecule has 1 amide bonds. The Hall–Kier alpha value is -2.93. The minimum absolute atomic E-state index is 0.0354. The van der Waals surface area contributed by atoms with E-state index in [1.165, 1.54) is 0 Å². The molecule has 0 radical (unpaired) electrons. The molecule has 140 valence electrons. The zero-order chi connectivity index (χ0) is 18.6. The normalized spacial score (nSPS) is 14.5. The van der Waals surface area contributed by atoms with E-state index in [0.29, 0.717) is 32.0 Å². The summed E-state index contributed by atoms with van der Waals surface area (Å²) >= 11 is 0. The topological polar surface area (TPSA) is 72.3 Å². The second-order valence-electron chi connectivity index (χ2n) is 6.67. The second-order valence-corrected chi connectivity index (χ2v) is 6.67. The third kappa shape index (κ3) is 3.93. The van der Waals surface area contributed by atoms with Gasteiger partial charge in [0.2, 0.25) is 5.91 Å². The van der Waals surface area contributed by atoms with Crippen LogP contribution < -0.4 is 10.2 Å². The van der Waals surface area contributed by atoms with Crippen molar-refractivity contribution in [3.8, 4) is 0 Å². The SMILES string of the molecule is Cn1cc(CC(=O)NCc2nccc(N3CCOCC3)n2)c2ccccc21. The lowest BCUT2D eigenvalue weighted by Gasteiger charge is -2.27. The molecule has 0 atom stereocenters. The van der Waals surface area contributed by atoms with E-state index >= 15 is 0 Å². The van der Waals surface area contributed by atoms with Gasteiger partial charge in [-0.3, -0.25) is 4.79 Å². The van der Waals surface area contributed by atoms with Crippen molar-refractivity contribution in [3.05, 3.63) is 54.1 Å². The fraction of sp³-hybridized carbons (Fsp3) is 0.350. The average molecular weight is 365 g/mol. The highest BCUT2D eigenvalue weighted by atomic mass is 16.5. The Morgan fingerprint density at radius 1 is 1.22 bits per heavy atom. The van der Waals surface area contributed by atoms with Crippen LogP contribution in [0.2, 0.25) is 0 Å². The van der Waals surface area contributed by atoms with Gasteiger partial charge in [0.15, 0.2) is 0 Å². The summed E-state index contributed by atoms with van der Waals surface area (Å²) in [5.74, 6) is 1.46. The number of rotatable bonds is 5. The lowest BCUT2D eigenvalue weighted by Crippen LogP contribution is -2.37. The van der Waals surface area contributed by atoms with E-state index in [9.17, 15) is 4.79 Å². The van der Waals surface area contributed by atoms with Crippen LogP contribution in [0.15, 0.2) is 42.7 Å². The number of carbonyl (C=O) groups is 1. The lowest BCUT2D eigenvalue weighted by atomic mass is 10.1. The predicted octanol–water partition coefficient (Wildman–Crippen LogP) is 1.66. The second kappa shape index (κ2) is 7.75. The third-order valence-electron chi connectivity index (χ3n) is 4.80. The van der Waals surface area contributed by atoms with Crippen LogP contribution in [0.5, 0.6) is 0 Å². The maximum Gasteiger partial charge on any atom is 0.224 e. The van der Waals surface area contributed by atoms with Crippen LogP contribution in [0.1, 0.15) is 11.4 Å². The molecule has 1 aliphatic rings. The maximum atomic E-state index is 12.4. The van der Waals surface area contributed by atoms with Gasteiger partial charge in [0.25, 0.3) is 0 Å². The van der Waals surface area contributed by atoms with Crippen LogP contribution >= 0.6 is 0 Å². The highest BCUT2D eigenvalue weighted by molar-refractivity contribution is 5.89. The van der Waals surface area contributed by atoms with Crippen molar-refractivity contribution in [2.24, 2.45) is 7.05 Å². The summed E-state index contributed by atoms with van der Waals surface area (Å²) in [6, 6.07) is 10.0. The van der Waals surface area contributed by atoms with Gasteiger partial charge in [0.05, 0.1) is 26.2 Å². The number of carbonyl (C=O) groups excluding carboxylic acids is 1. The largest absolute Gasteiger partial charge is 0.378 e. The molecule has 0 saturated carbocycles. The molecule has 3 aromatic rings. The van der Waals surface area contributed by atoms with Crippen LogP contribution in [0.4, 0.5) is 5.82 Å². The molecule has 1 aliphatic heterocycles. The Kier molecular flexibility index (Phi) is 5.02. The van der Waals surface area contributed by atoms with E-state index in [1.807, 2.05) is 42.1 Å². The number of hydrogen-bond acceptors (Lipinski definition) is 5. The zero-order valence-electron chi connectivity index (χ0n) is 15.4. The van der Waals surface area contributed by atoms with Crippen LogP contribution in [-0.4, -0.2) is 46.7 Å². The molecule has 1 fully saturated rings. The minimum Gasteiger partial charge on any atom is -0.378 e. The summed E-state index contributed by atoms with van der Waals surface area (Å²) < 4.78 is 7.42. The monoisotopic (exact) mass is 365 g/mol. The quantitative estimate of drug-likeness (QED) is 0.745. The van der Waals surface area contributed by atoms with Gasteiger partial charge in [0, 0.05) is 43.4 Å². The summed E-state index contributed by atoms with van der Waals surface area (Å²) in [4.78, 5) is 23.4. The smallest absolute Gasteiger partial charge is 0.224 e. The van der Waals surface area contributed by atoms with Crippen molar-refractivity contribution in [1.29, 1.82) is 0 Å². The first kappa shape index (κ1) is 17.5. The number of ether oxygens (including phenoxy) is 1. The molecule has 1 saturated heterocycles. The Bertz CT molecular complexity index is 946. The number of nitrogens with zero attached hydrogens (tertiary/aromatic N) is 4. The van der Waals surface area contributed by atoms with Crippen LogP contribution in [-0.2, 0) is 29.5 Å². The van der Waals surface area contributed by atoms with Crippen molar-refractivity contribution in [2.45, 2.75) is 13.0 Å². The molecule has 3 heterocycles. The highest BCUT2D eigenvalue weighted by Crippen LogP contribution is 2.20. The van der Waals surface area contributed by atoms with Gasteiger partial charge in [-0.25, -0.2) is 9.97 Å². The standard InChI is InChI=1S/C20H23N5O2/c1-24-14-15(16-4-2-3-5-17(16)24)12-20(26)22-13-18-21-7-6-19(23-18)25-8-10-27-11-9-25/h2-7,14H,8-13H2,1H3,(H,22,26). The van der Waals surface area contributed by atoms with Crippen molar-refractivity contribution in [2.75, 3.05) is 31.2 Å². The molecule has 27 heavy (non-hydrogen) atoms. The number of aryl methyl sites for hydroxylation is 1. The zero-order valence-corrected chi connectivity index (χ0v) is 15.4. The fourth-order valence-corrected chi connectivity index (χ4v) is 3.42. The predicted molar refractivity (Wildman–Crippen MR) is 104 cm³/mol. The van der Waals surface area contributed by atoms with Gasteiger partial charge in [-0.15, -0.1) is 0 Å². The van der Waals surface area contributed by atoms with Crippen molar-refractivity contribution < 1.29 is 9.53 Å². The average Bonchev–Trinajstić information content (AvgIpc) is 3.03. The summed E-state index contributed by atoms with van der Waals surface area (Å²) in [6.45, 7) is 3.39. The van der Waals surface area contributed by atoms with E-state index in [-0.39, 0.29) is 5.91 Å². The van der Waals surface area contributed by atoms with Crippen molar-refractivity contribution in [3.63, 3.8) is 0 Å². The van der Waals surface area contributed by atoms with E-state index in [1.54, 1.807) is 6.20 Å². The van der Waals surface area contributed by atoms with Gasteiger partial charge in [-0.1, -0.05) is 18.2 Å². The Balaban J connectivity index is 1.39. The maximum absolute atomic E-state index is 12.4. The van der Waals surface area contributed by atoms with Crippen LogP contribution in [0.3, 0.4) is 0 Å². The first-order valence-corrected chi connectivity index (χ1v) is 9.15. The molecule has 7 nitrogen and oxygen atoms in total. The summed E-state index contributed by atoms with van der Waals surface area (Å²) in [7, 11) is 1.99. The first-order chi connectivity index (χ1) is 13.2. The molecule has 7 heteroatoms. The minimum atomic E-state index is -0.0354. The summed E-state index contributed by atoms with van der Waals surface area (Å²) in [5.41, 5.74) is 2.15. The fourth-order valence-electron chi connectivity index (χ4n) is 3.42. The lowest BCUT2D eigenvalue weighted by molar-refractivity contribution is -0.120. The summed E-state index contributed by atoms with van der Waals surface area (Å²) in [6.07, 6.45) is 4.09. The summed E-state index contributed by atoms with van der Waals surface area (Å²) in [5, 5.41) is 4.05. The number of anilines is 1. The van der Waals surface area contributed by atoms with Crippen molar-refractivity contribution >= 4 is 22.6 Å². The highest BCUT2D eigenvalue weighted by Gasteiger charge is 2.14. The van der Waals surface area contributed by atoms with Crippen molar-refractivity contribution in [1.82, 2.24) is 19.9 Å². The molecular formula is C20H23N5O2. The number of para-hydroxylation sites is 1. The molecular weight excluding hydrogens is 342 g/mol. The number of fused-ring (bicyclic) bond motifs is 1. The van der Waals surface area contributed by atoms with E-state index in [4.69, 9.17) is 4.74 Å². The molecule has 1 N–H and O–H groups in total. The molecule has 4 rings (SSSR count). The molecule has 2 aromatic heterocycles. The molecule has 0 unspecified atom stereocenters. The van der Waals surface area contributed by atoms with Gasteiger partial charge in [-0.05, 0) is 17.7 Å². The Labute approximate surface area is 158 Å². The molecule has 0 bridgehead atoms. The third-order valence-corrected chi connectivity index (χ3v) is 4.80. The molecule has 0 spiro atoms. The number of aromatic nitrogens is 3. The first-order valence-electron chi connectivity index (χ1n) is 9.15. The van der Waals surface area contributed by atoms with E-state index < -0.39 is 0 Å². The Morgan fingerprint density at radius 3 is 2.89 bits per heavy atom. The van der Waals surface area contributed by atoms with Gasteiger partial charge < -0.3 is 19.5 Å². The van der Waals surface area contributed by atoms with Gasteiger partial charge >= 0.3 is 0 Å². The van der Waals surface area contributed by atoms with Gasteiger partial charge in [-0.2, -0.15) is 0 Å². The van der Waals surface area contributed by atoms with E-state index in [0.717, 1.165) is 35.4 Å². The number of nitrogens with one attached hydrogen (secondary N) is 1. The van der Waals surface area contributed by atoms with Gasteiger partial charge in [0.1, 0.15) is 11.6 Å². The number of amides is 1. The molecule has 1 aromatic carbocycles. The number of morpholine rings is 1. The van der Waals surface area contributed by atoms with Crippen LogP contribution in [0.25, 0.3) is 10.9 Å².